The van der Waals surface area contributed by atoms with E-state index in [1.807, 2.05) is 0 Å². The minimum Gasteiger partial charge on any atom is -0.383 e. The van der Waals surface area contributed by atoms with E-state index >= 15 is 0 Å². The summed E-state index contributed by atoms with van der Waals surface area (Å²) < 4.78 is 10.4. The number of ether oxygens (including phenoxy) is 2. The van der Waals surface area contributed by atoms with Crippen LogP contribution in [0, 0.1) is 0 Å². The van der Waals surface area contributed by atoms with Gasteiger partial charge in [0.25, 0.3) is 0 Å². The van der Waals surface area contributed by atoms with Crippen LogP contribution in [0.1, 0.15) is 39.5 Å². The van der Waals surface area contributed by atoms with E-state index in [-0.39, 0.29) is 0 Å². The molecule has 92 valence electrons. The van der Waals surface area contributed by atoms with Crippen molar-refractivity contribution >= 4 is 0 Å². The molecular formula is C12H27NO2. The van der Waals surface area contributed by atoms with E-state index in [1.165, 1.54) is 19.3 Å². The molecule has 3 nitrogen and oxygen atoms in total. The zero-order valence-corrected chi connectivity index (χ0v) is 10.7. The number of unbranched alkanes of at least 4 members (excludes halogenated alkanes) is 1. The molecular weight excluding hydrogens is 190 g/mol. The van der Waals surface area contributed by atoms with Crippen molar-refractivity contribution in [2.45, 2.75) is 51.6 Å². The highest BCUT2D eigenvalue weighted by Gasteiger charge is 2.13. The number of methoxy groups -OCH3 is 2. The second-order valence-electron chi connectivity index (χ2n) is 4.02. The summed E-state index contributed by atoms with van der Waals surface area (Å²) in [7, 11) is 3.51. The molecule has 2 atom stereocenters. The lowest BCUT2D eigenvalue weighted by Crippen LogP contribution is -2.43. The molecule has 0 aliphatic rings. The van der Waals surface area contributed by atoms with E-state index in [0.717, 1.165) is 19.6 Å². The molecule has 0 heterocycles. The van der Waals surface area contributed by atoms with Crippen LogP contribution >= 0.6 is 0 Å². The SMILES string of the molecule is CCCCC(COC)NC(CC)COC. The molecule has 0 bridgehead atoms. The zero-order chi connectivity index (χ0) is 11.5. The van der Waals surface area contributed by atoms with Gasteiger partial charge in [0.15, 0.2) is 0 Å². The van der Waals surface area contributed by atoms with Crippen LogP contribution in [-0.2, 0) is 9.47 Å². The van der Waals surface area contributed by atoms with Crippen LogP contribution in [0.4, 0.5) is 0 Å². The molecule has 0 aromatic heterocycles. The zero-order valence-electron chi connectivity index (χ0n) is 10.7. The van der Waals surface area contributed by atoms with Crippen molar-refractivity contribution in [3.05, 3.63) is 0 Å². The highest BCUT2D eigenvalue weighted by atomic mass is 16.5. The van der Waals surface area contributed by atoms with Gasteiger partial charge in [-0.3, -0.25) is 0 Å². The summed E-state index contributed by atoms with van der Waals surface area (Å²) in [6.07, 6.45) is 4.78. The van der Waals surface area contributed by atoms with Gasteiger partial charge in [0, 0.05) is 26.3 Å². The molecule has 3 heteroatoms. The van der Waals surface area contributed by atoms with E-state index < -0.39 is 0 Å². The molecule has 0 radical (unpaired) electrons. The second-order valence-corrected chi connectivity index (χ2v) is 4.02. The highest BCUT2D eigenvalue weighted by Crippen LogP contribution is 2.04. The van der Waals surface area contributed by atoms with Gasteiger partial charge in [-0.1, -0.05) is 26.7 Å². The molecule has 0 saturated heterocycles. The first-order valence-corrected chi connectivity index (χ1v) is 6.02. The topological polar surface area (TPSA) is 30.5 Å². The number of nitrogens with one attached hydrogen (secondary N) is 1. The van der Waals surface area contributed by atoms with Crippen molar-refractivity contribution < 1.29 is 9.47 Å². The third kappa shape index (κ3) is 7.77. The Bertz CT molecular complexity index is 131. The summed E-state index contributed by atoms with van der Waals surface area (Å²) in [5.74, 6) is 0. The van der Waals surface area contributed by atoms with Crippen LogP contribution in [0.3, 0.4) is 0 Å². The van der Waals surface area contributed by atoms with Gasteiger partial charge in [0.2, 0.25) is 0 Å². The number of hydrogen-bond donors (Lipinski definition) is 1. The monoisotopic (exact) mass is 217 g/mol. The highest BCUT2D eigenvalue weighted by molar-refractivity contribution is 4.73. The van der Waals surface area contributed by atoms with Crippen molar-refractivity contribution in [1.82, 2.24) is 5.32 Å². The molecule has 2 unspecified atom stereocenters. The second kappa shape index (κ2) is 10.4. The van der Waals surface area contributed by atoms with Gasteiger partial charge in [0.05, 0.1) is 13.2 Å². The van der Waals surface area contributed by atoms with Crippen LogP contribution in [0.2, 0.25) is 0 Å². The van der Waals surface area contributed by atoms with Crippen LogP contribution in [0.5, 0.6) is 0 Å². The maximum Gasteiger partial charge on any atom is 0.0615 e. The molecule has 0 rings (SSSR count). The fraction of sp³-hybridized carbons (Fsp3) is 1.00. The van der Waals surface area contributed by atoms with Crippen LogP contribution in [0.25, 0.3) is 0 Å². The summed E-state index contributed by atoms with van der Waals surface area (Å²) >= 11 is 0. The normalized spacial score (nSPS) is 15.2. The van der Waals surface area contributed by atoms with Gasteiger partial charge in [-0.25, -0.2) is 0 Å². The Balaban J connectivity index is 3.87. The van der Waals surface area contributed by atoms with E-state index in [4.69, 9.17) is 9.47 Å². The van der Waals surface area contributed by atoms with E-state index in [2.05, 4.69) is 19.2 Å². The number of rotatable bonds is 10. The summed E-state index contributed by atoms with van der Waals surface area (Å²) in [5.41, 5.74) is 0. The average molecular weight is 217 g/mol. The summed E-state index contributed by atoms with van der Waals surface area (Å²) in [6, 6.07) is 0.919. The Morgan fingerprint density at radius 2 is 1.60 bits per heavy atom. The molecule has 0 aliphatic carbocycles. The Labute approximate surface area is 94.5 Å². The molecule has 0 aromatic rings. The third-order valence-corrected chi connectivity index (χ3v) is 2.61. The molecule has 15 heavy (non-hydrogen) atoms. The molecule has 0 amide bonds. The van der Waals surface area contributed by atoms with E-state index in [1.54, 1.807) is 14.2 Å². The first kappa shape index (κ1) is 14.9. The molecule has 0 fully saturated rings. The first-order chi connectivity index (χ1) is 7.28. The van der Waals surface area contributed by atoms with E-state index in [9.17, 15) is 0 Å². The van der Waals surface area contributed by atoms with Crippen LogP contribution in [-0.4, -0.2) is 39.5 Å². The lowest BCUT2D eigenvalue weighted by molar-refractivity contribution is 0.125. The van der Waals surface area contributed by atoms with Crippen LogP contribution < -0.4 is 5.32 Å². The first-order valence-electron chi connectivity index (χ1n) is 6.02. The van der Waals surface area contributed by atoms with Crippen molar-refractivity contribution in [3.8, 4) is 0 Å². The third-order valence-electron chi connectivity index (χ3n) is 2.61. The molecule has 0 aromatic carbocycles. The van der Waals surface area contributed by atoms with Crippen molar-refractivity contribution in [1.29, 1.82) is 0 Å². The van der Waals surface area contributed by atoms with Gasteiger partial charge in [-0.15, -0.1) is 0 Å². The van der Waals surface area contributed by atoms with Gasteiger partial charge in [-0.05, 0) is 12.8 Å². The van der Waals surface area contributed by atoms with E-state index in [0.29, 0.717) is 12.1 Å². The Morgan fingerprint density at radius 1 is 1.00 bits per heavy atom. The van der Waals surface area contributed by atoms with Crippen LogP contribution in [0.15, 0.2) is 0 Å². The van der Waals surface area contributed by atoms with Gasteiger partial charge < -0.3 is 14.8 Å². The lowest BCUT2D eigenvalue weighted by Gasteiger charge is -2.24. The molecule has 0 aliphatic heterocycles. The van der Waals surface area contributed by atoms with Gasteiger partial charge in [-0.2, -0.15) is 0 Å². The molecule has 0 spiro atoms. The van der Waals surface area contributed by atoms with Gasteiger partial charge in [0.1, 0.15) is 0 Å². The maximum atomic E-state index is 5.22. The lowest BCUT2D eigenvalue weighted by atomic mass is 10.1. The quantitative estimate of drug-likeness (QED) is 0.608. The summed E-state index contributed by atoms with van der Waals surface area (Å²) in [4.78, 5) is 0. The molecule has 0 saturated carbocycles. The molecule has 1 N–H and O–H groups in total. The number of hydrogen-bond acceptors (Lipinski definition) is 3. The maximum absolute atomic E-state index is 5.22. The largest absolute Gasteiger partial charge is 0.383 e. The summed E-state index contributed by atoms with van der Waals surface area (Å²) in [5, 5.41) is 3.59. The fourth-order valence-corrected chi connectivity index (χ4v) is 1.68. The minimum atomic E-state index is 0.451. The fourth-order valence-electron chi connectivity index (χ4n) is 1.68. The Morgan fingerprint density at radius 3 is 2.07 bits per heavy atom. The smallest absolute Gasteiger partial charge is 0.0615 e. The minimum absolute atomic E-state index is 0.451. The van der Waals surface area contributed by atoms with Crippen molar-refractivity contribution in [2.75, 3.05) is 27.4 Å². The Hall–Kier alpha value is -0.120. The average Bonchev–Trinajstić information content (AvgIpc) is 2.25. The standard InChI is InChI=1S/C12H27NO2/c1-5-7-8-12(10-15-4)13-11(6-2)9-14-3/h11-13H,5-10H2,1-4H3. The summed E-state index contributed by atoms with van der Waals surface area (Å²) in [6.45, 7) is 5.97. The van der Waals surface area contributed by atoms with Crippen molar-refractivity contribution in [3.63, 3.8) is 0 Å². The van der Waals surface area contributed by atoms with Crippen molar-refractivity contribution in [2.24, 2.45) is 0 Å². The predicted octanol–water partition coefficient (Wildman–Crippen LogP) is 2.21. The van der Waals surface area contributed by atoms with Gasteiger partial charge >= 0.3 is 0 Å². The predicted molar refractivity (Wildman–Crippen MR) is 64.3 cm³/mol. The Kier molecular flexibility index (Phi) is 10.3.